The lowest BCUT2D eigenvalue weighted by Gasteiger charge is -2.33. The normalized spacial score (nSPS) is 14.8. The summed E-state index contributed by atoms with van der Waals surface area (Å²) in [5.74, 6) is 0.591. The van der Waals surface area contributed by atoms with Crippen molar-refractivity contribution in [1.29, 1.82) is 0 Å². The van der Waals surface area contributed by atoms with E-state index >= 15 is 0 Å². The van der Waals surface area contributed by atoms with E-state index in [9.17, 15) is 0 Å². The fraction of sp³-hybridized carbons (Fsp3) is 0.0732. The van der Waals surface area contributed by atoms with Gasteiger partial charge >= 0.3 is 0 Å². The summed E-state index contributed by atoms with van der Waals surface area (Å²) < 4.78 is 12.4. The van der Waals surface area contributed by atoms with Gasteiger partial charge in [-0.05, 0) is 149 Å². The van der Waals surface area contributed by atoms with Crippen molar-refractivity contribution >= 4 is 141 Å². The van der Waals surface area contributed by atoms with E-state index in [0.29, 0.717) is 12.0 Å². The van der Waals surface area contributed by atoms with Gasteiger partial charge in [-0.1, -0.05) is 195 Å². The molecule has 1 fully saturated rings. The minimum atomic E-state index is 0.501. The summed E-state index contributed by atoms with van der Waals surface area (Å²) >= 11 is 3.76. The van der Waals surface area contributed by atoms with Crippen molar-refractivity contribution in [3.8, 4) is 33.4 Å². The molecule has 6 heteroatoms. The summed E-state index contributed by atoms with van der Waals surface area (Å²) in [6, 6.07) is 106. The Morgan fingerprint density at radius 2 is 0.989 bits per heavy atom. The molecule has 0 radical (unpaired) electrons. The predicted molar refractivity (Wildman–Crippen MR) is 376 cm³/mol. The van der Waals surface area contributed by atoms with E-state index in [2.05, 4.69) is 300 Å². The van der Waals surface area contributed by atoms with Crippen molar-refractivity contribution in [2.75, 3.05) is 14.7 Å². The second-order valence-electron chi connectivity index (χ2n) is 23.7. The summed E-state index contributed by atoms with van der Waals surface area (Å²) in [7, 11) is 0. The zero-order valence-corrected chi connectivity index (χ0v) is 49.8. The second-order valence-corrected chi connectivity index (χ2v) is 25.8. The Kier molecular flexibility index (Phi) is 12.0. The minimum Gasteiger partial charge on any atom is -0.455 e. The molecule has 0 spiro atoms. The Labute approximate surface area is 518 Å². The van der Waals surface area contributed by atoms with Crippen LogP contribution in [0.2, 0.25) is 0 Å². The lowest BCUT2D eigenvalue weighted by molar-refractivity contribution is 0.402. The molecule has 4 nitrogen and oxygen atoms in total. The van der Waals surface area contributed by atoms with Crippen LogP contribution in [0.3, 0.4) is 0 Å². The molecule has 0 bridgehead atoms. The minimum absolute atomic E-state index is 0.501. The molecule has 13 aromatic carbocycles. The number of thiophene rings is 2. The molecule has 3 aromatic heterocycles. The van der Waals surface area contributed by atoms with Gasteiger partial charge in [0.2, 0.25) is 0 Å². The summed E-state index contributed by atoms with van der Waals surface area (Å²) in [5, 5.41) is 9.55. The van der Waals surface area contributed by atoms with E-state index in [4.69, 9.17) is 4.42 Å². The van der Waals surface area contributed by atoms with Gasteiger partial charge < -0.3 is 19.1 Å². The van der Waals surface area contributed by atoms with Crippen molar-refractivity contribution in [3.63, 3.8) is 0 Å². The molecule has 1 aliphatic heterocycles. The topological polar surface area (TPSA) is 22.9 Å². The lowest BCUT2D eigenvalue weighted by atomic mass is 9.82. The average molecular weight is 1160 g/mol. The highest BCUT2D eigenvalue weighted by Gasteiger charge is 2.40. The van der Waals surface area contributed by atoms with Crippen molar-refractivity contribution in [2.45, 2.75) is 37.6 Å². The molecule has 1 aliphatic carbocycles. The molecular weight excluding hydrogens is 1110 g/mol. The molecule has 0 amide bonds. The number of fused-ring (bicyclic) bond motifs is 13. The summed E-state index contributed by atoms with van der Waals surface area (Å²) in [6.45, 7) is 0. The fourth-order valence-corrected chi connectivity index (χ4v) is 17.5. The SMILES string of the molecule is c1ccc(N(c2ccccc2)c2ccc3oc4c(-c5c(N(c6ccccc6)c6ccc(-c7ccc8sc9ccccc9c8c7)c7ccccc67)ccc6c5sc5c(-c7ccc(N8c9ccccc9C9CCCCC98)cc7)cccc56)cccc4c3c2)cc1. The third-order valence-corrected chi connectivity index (χ3v) is 21.3. The molecular formula is C82H57N3OS2. The third-order valence-electron chi connectivity index (χ3n) is 18.9. The highest BCUT2D eigenvalue weighted by atomic mass is 32.1. The summed E-state index contributed by atoms with van der Waals surface area (Å²) in [6.07, 6.45) is 5.08. The first-order valence-corrected chi connectivity index (χ1v) is 32.4. The van der Waals surface area contributed by atoms with Gasteiger partial charge in [0, 0.05) is 114 Å². The number of anilines is 8. The number of para-hydroxylation sites is 5. The Balaban J connectivity index is 0.852. The predicted octanol–water partition coefficient (Wildman–Crippen LogP) is 24.6. The van der Waals surface area contributed by atoms with Crippen LogP contribution in [0, 0.1) is 0 Å². The highest BCUT2D eigenvalue weighted by Crippen LogP contribution is 2.55. The summed E-state index contributed by atoms with van der Waals surface area (Å²) in [5.41, 5.74) is 19.4. The zero-order chi connectivity index (χ0) is 57.8. The molecule has 2 aliphatic rings. The van der Waals surface area contributed by atoms with Crippen LogP contribution in [-0.4, -0.2) is 6.04 Å². The zero-order valence-electron chi connectivity index (χ0n) is 48.2. The maximum atomic E-state index is 7.31. The largest absolute Gasteiger partial charge is 0.455 e. The van der Waals surface area contributed by atoms with E-state index in [-0.39, 0.29) is 0 Å². The highest BCUT2D eigenvalue weighted by molar-refractivity contribution is 7.27. The molecule has 4 heterocycles. The van der Waals surface area contributed by atoms with Crippen LogP contribution >= 0.6 is 22.7 Å². The Morgan fingerprint density at radius 3 is 1.78 bits per heavy atom. The van der Waals surface area contributed by atoms with Crippen LogP contribution in [0.4, 0.5) is 45.5 Å². The van der Waals surface area contributed by atoms with E-state index in [0.717, 1.165) is 67.2 Å². The number of benzene rings is 13. The van der Waals surface area contributed by atoms with E-state index in [1.54, 1.807) is 0 Å². The van der Waals surface area contributed by atoms with E-state index in [1.807, 2.05) is 22.7 Å². The standard InChI is InChI=1S/C82H57N3OS2/c1-4-20-54(21-5-1)83(55-22-6-2-7-23-55)58-43-48-76-70(51-58)66-32-19-34-69(80(66)86-76)79-75(85(56-24-8-3-9-25-56)74-46-44-59(61-26-10-11-27-62(61)74)53-40-49-78-71(50-53)65-30-14-17-37-77(65)87-78)47-45-68-67-33-18-31-60(81(67)88-82(68)79)52-38-41-57(42-39-52)84-72-35-15-12-28-63(72)64-29-13-16-36-73(64)84/h1-12,14-15,17-28,30-35,37-51,64,73H,13,16,29,36H2. The monoisotopic (exact) mass is 1160 g/mol. The molecule has 1 saturated carbocycles. The first-order chi connectivity index (χ1) is 43.7. The Morgan fingerprint density at radius 1 is 0.364 bits per heavy atom. The van der Waals surface area contributed by atoms with Gasteiger partial charge in [-0.3, -0.25) is 0 Å². The fourth-order valence-electron chi connectivity index (χ4n) is 15.0. The van der Waals surface area contributed by atoms with Crippen LogP contribution in [0.15, 0.2) is 290 Å². The van der Waals surface area contributed by atoms with Crippen LogP contribution in [0.1, 0.15) is 37.2 Å². The number of hydrogen-bond donors (Lipinski definition) is 0. The smallest absolute Gasteiger partial charge is 0.143 e. The number of nitrogens with zero attached hydrogens (tertiary/aromatic N) is 3. The van der Waals surface area contributed by atoms with Gasteiger partial charge in [0.25, 0.3) is 0 Å². The average Bonchev–Trinajstić information content (AvgIpc) is 1.90. The summed E-state index contributed by atoms with van der Waals surface area (Å²) in [4.78, 5) is 7.49. The van der Waals surface area contributed by atoms with Crippen LogP contribution in [0.25, 0.3) is 106 Å². The lowest BCUT2D eigenvalue weighted by Crippen LogP contribution is -2.32. The number of furan rings is 1. The van der Waals surface area contributed by atoms with Crippen molar-refractivity contribution < 1.29 is 4.42 Å². The molecule has 0 saturated heterocycles. The van der Waals surface area contributed by atoms with Gasteiger partial charge in [-0.25, -0.2) is 0 Å². The molecule has 0 N–H and O–H groups in total. The third kappa shape index (κ3) is 8.16. The van der Waals surface area contributed by atoms with Crippen molar-refractivity contribution in [1.82, 2.24) is 0 Å². The maximum absolute atomic E-state index is 7.31. The van der Waals surface area contributed by atoms with Gasteiger partial charge in [0.1, 0.15) is 11.2 Å². The maximum Gasteiger partial charge on any atom is 0.143 e. The molecule has 18 rings (SSSR count). The van der Waals surface area contributed by atoms with Crippen LogP contribution < -0.4 is 14.7 Å². The Hall–Kier alpha value is -10.2. The molecule has 2 atom stereocenters. The molecule has 16 aromatic rings. The first-order valence-electron chi connectivity index (χ1n) is 30.8. The van der Waals surface area contributed by atoms with E-state index in [1.165, 1.54) is 116 Å². The molecule has 418 valence electrons. The first kappa shape index (κ1) is 51.0. The van der Waals surface area contributed by atoms with Crippen LogP contribution in [0.5, 0.6) is 0 Å². The van der Waals surface area contributed by atoms with E-state index < -0.39 is 0 Å². The second kappa shape index (κ2) is 20.7. The number of rotatable bonds is 10. The van der Waals surface area contributed by atoms with Gasteiger partial charge in [-0.15, -0.1) is 22.7 Å². The quantitative estimate of drug-likeness (QED) is 0.136. The van der Waals surface area contributed by atoms with Crippen molar-refractivity contribution in [2.24, 2.45) is 0 Å². The molecule has 2 unspecified atom stereocenters. The van der Waals surface area contributed by atoms with Gasteiger partial charge in [0.15, 0.2) is 0 Å². The van der Waals surface area contributed by atoms with Crippen LogP contribution in [-0.2, 0) is 0 Å². The molecule has 88 heavy (non-hydrogen) atoms. The van der Waals surface area contributed by atoms with Gasteiger partial charge in [0.05, 0.1) is 11.4 Å². The number of hydrogen-bond acceptors (Lipinski definition) is 6. The van der Waals surface area contributed by atoms with Gasteiger partial charge in [-0.2, -0.15) is 0 Å². The Bertz CT molecular complexity index is 5340. The van der Waals surface area contributed by atoms with Crippen molar-refractivity contribution in [3.05, 3.63) is 291 Å².